The van der Waals surface area contributed by atoms with Crippen LogP contribution in [0.5, 0.6) is 0 Å². The van der Waals surface area contributed by atoms with Gasteiger partial charge in [0, 0.05) is 19.2 Å². The van der Waals surface area contributed by atoms with Crippen molar-refractivity contribution in [3.8, 4) is 11.8 Å². The molecule has 0 aliphatic rings. The first-order valence-corrected chi connectivity index (χ1v) is 8.55. The second-order valence-electron chi connectivity index (χ2n) is 4.31. The fourth-order valence-electron chi connectivity index (χ4n) is 1.80. The van der Waals surface area contributed by atoms with Gasteiger partial charge in [-0.3, -0.25) is 0 Å². The molecule has 1 heterocycles. The molecule has 0 saturated heterocycles. The van der Waals surface area contributed by atoms with E-state index in [1.807, 2.05) is 24.3 Å². The molecule has 0 aliphatic heterocycles. The number of benzene rings is 1. The largest absolute Gasteiger partial charge is 0.384 e. The maximum Gasteiger partial charge on any atom is 0.252 e. The number of hydrogen-bond acceptors (Lipinski definition) is 4. The Kier molecular flexibility index (Phi) is 5.15. The predicted octanol–water partition coefficient (Wildman–Crippen LogP) is 1.91. The Bertz CT molecular complexity index is 756. The van der Waals surface area contributed by atoms with Crippen LogP contribution in [0.4, 0.5) is 0 Å². The normalized spacial score (nSPS) is 11.2. The third-order valence-electron chi connectivity index (χ3n) is 2.87. The van der Waals surface area contributed by atoms with Crippen LogP contribution in [-0.2, 0) is 16.6 Å². The molecule has 4 nitrogen and oxygen atoms in total. The van der Waals surface area contributed by atoms with Crippen LogP contribution in [0.1, 0.15) is 11.1 Å². The lowest BCUT2D eigenvalue weighted by Crippen LogP contribution is -2.26. The van der Waals surface area contributed by atoms with Crippen LogP contribution >= 0.6 is 11.3 Å². The molecule has 0 radical (unpaired) electrons. The van der Waals surface area contributed by atoms with Crippen molar-refractivity contribution in [1.29, 1.82) is 0 Å². The lowest BCUT2D eigenvalue weighted by atomic mass is 10.1. The van der Waals surface area contributed by atoms with Crippen LogP contribution in [0.2, 0.25) is 0 Å². The van der Waals surface area contributed by atoms with Crippen LogP contribution in [0.25, 0.3) is 0 Å². The fraction of sp³-hybridized carbons (Fsp3) is 0.200. The summed E-state index contributed by atoms with van der Waals surface area (Å²) in [4.78, 5) is 0. The number of hydrogen-bond donors (Lipinski definition) is 1. The van der Waals surface area contributed by atoms with E-state index in [9.17, 15) is 8.42 Å². The summed E-state index contributed by atoms with van der Waals surface area (Å²) in [6.07, 6.45) is 0. The smallest absolute Gasteiger partial charge is 0.252 e. The number of aliphatic hydroxyl groups is 1. The third kappa shape index (κ3) is 3.71. The Morgan fingerprint density at radius 3 is 2.67 bits per heavy atom. The molecule has 1 aromatic heterocycles. The zero-order chi connectivity index (χ0) is 15.3. The maximum atomic E-state index is 12.4. The van der Waals surface area contributed by atoms with Crippen molar-refractivity contribution in [2.75, 3.05) is 13.7 Å². The standard InChI is InChI=1S/C15H15NO3S2/c1-16(21(18,19)15-9-5-11-20-15)12-14-7-3-2-6-13(14)8-4-10-17/h2-3,5-7,9,11,17H,10,12H2,1H3. The molecule has 2 rings (SSSR count). The van der Waals surface area contributed by atoms with Gasteiger partial charge in [0.15, 0.2) is 0 Å². The Morgan fingerprint density at radius 2 is 2.00 bits per heavy atom. The van der Waals surface area contributed by atoms with E-state index < -0.39 is 10.0 Å². The molecule has 110 valence electrons. The summed E-state index contributed by atoms with van der Waals surface area (Å²) < 4.78 is 26.4. The summed E-state index contributed by atoms with van der Waals surface area (Å²) in [5, 5.41) is 10.5. The van der Waals surface area contributed by atoms with Crippen molar-refractivity contribution >= 4 is 21.4 Å². The highest BCUT2D eigenvalue weighted by Crippen LogP contribution is 2.22. The van der Waals surface area contributed by atoms with Crippen LogP contribution in [0.3, 0.4) is 0 Å². The first-order chi connectivity index (χ1) is 10.1. The molecule has 1 aromatic carbocycles. The number of sulfonamides is 1. The minimum Gasteiger partial charge on any atom is -0.384 e. The van der Waals surface area contributed by atoms with Gasteiger partial charge in [0.25, 0.3) is 10.0 Å². The number of aliphatic hydroxyl groups excluding tert-OH is 1. The topological polar surface area (TPSA) is 57.6 Å². The second kappa shape index (κ2) is 6.87. The third-order valence-corrected chi connectivity index (χ3v) is 6.05. The van der Waals surface area contributed by atoms with Gasteiger partial charge in [0.1, 0.15) is 10.8 Å². The van der Waals surface area contributed by atoms with Crippen LogP contribution < -0.4 is 0 Å². The van der Waals surface area contributed by atoms with Crippen molar-refractivity contribution in [2.24, 2.45) is 0 Å². The average Bonchev–Trinajstić information content (AvgIpc) is 3.01. The molecule has 0 saturated carbocycles. The highest BCUT2D eigenvalue weighted by Gasteiger charge is 2.22. The van der Waals surface area contributed by atoms with Gasteiger partial charge >= 0.3 is 0 Å². The number of thiophene rings is 1. The summed E-state index contributed by atoms with van der Waals surface area (Å²) in [6.45, 7) is 0.00812. The molecular formula is C15H15NO3S2. The van der Waals surface area contributed by atoms with Crippen LogP contribution in [0, 0.1) is 11.8 Å². The van der Waals surface area contributed by atoms with Gasteiger partial charge in [-0.1, -0.05) is 36.1 Å². The second-order valence-corrected chi connectivity index (χ2v) is 7.53. The predicted molar refractivity (Wildman–Crippen MR) is 83.4 cm³/mol. The van der Waals surface area contributed by atoms with E-state index in [2.05, 4.69) is 11.8 Å². The maximum absolute atomic E-state index is 12.4. The van der Waals surface area contributed by atoms with Crippen LogP contribution in [-0.4, -0.2) is 31.5 Å². The summed E-state index contributed by atoms with van der Waals surface area (Å²) in [5.41, 5.74) is 1.53. The molecule has 2 aromatic rings. The van der Waals surface area contributed by atoms with Gasteiger partial charge < -0.3 is 5.11 Å². The molecule has 0 atom stereocenters. The zero-order valence-corrected chi connectivity index (χ0v) is 13.1. The molecule has 1 N–H and O–H groups in total. The van der Waals surface area contributed by atoms with E-state index in [1.54, 1.807) is 24.6 Å². The summed E-state index contributed by atoms with van der Waals surface area (Å²) >= 11 is 1.20. The van der Waals surface area contributed by atoms with Crippen molar-refractivity contribution in [2.45, 2.75) is 10.8 Å². The number of nitrogens with zero attached hydrogens (tertiary/aromatic N) is 1. The lowest BCUT2D eigenvalue weighted by Gasteiger charge is -2.17. The Hall–Kier alpha value is -1.65. The lowest BCUT2D eigenvalue weighted by molar-refractivity contribution is 0.350. The molecule has 0 amide bonds. The summed E-state index contributed by atoms with van der Waals surface area (Å²) in [6, 6.07) is 10.6. The zero-order valence-electron chi connectivity index (χ0n) is 11.5. The van der Waals surface area contributed by atoms with Crippen molar-refractivity contribution < 1.29 is 13.5 Å². The highest BCUT2D eigenvalue weighted by atomic mass is 32.2. The molecule has 0 unspecified atom stereocenters. The van der Waals surface area contributed by atoms with E-state index in [0.717, 1.165) is 11.1 Å². The van der Waals surface area contributed by atoms with Gasteiger partial charge in [0.2, 0.25) is 0 Å². The minimum atomic E-state index is -3.48. The van der Waals surface area contributed by atoms with Crippen LogP contribution in [0.15, 0.2) is 46.0 Å². The van der Waals surface area contributed by atoms with E-state index in [-0.39, 0.29) is 13.2 Å². The van der Waals surface area contributed by atoms with E-state index in [4.69, 9.17) is 5.11 Å². The average molecular weight is 321 g/mol. The molecule has 0 spiro atoms. The molecule has 0 aliphatic carbocycles. The molecule has 0 fully saturated rings. The van der Waals surface area contributed by atoms with Gasteiger partial charge in [-0.15, -0.1) is 11.3 Å². The highest BCUT2D eigenvalue weighted by molar-refractivity contribution is 7.91. The summed E-state index contributed by atoms with van der Waals surface area (Å²) in [5.74, 6) is 5.42. The quantitative estimate of drug-likeness (QED) is 0.875. The molecule has 21 heavy (non-hydrogen) atoms. The van der Waals surface area contributed by atoms with Gasteiger partial charge in [-0.25, -0.2) is 8.42 Å². The fourth-order valence-corrected chi connectivity index (χ4v) is 4.15. The molecule has 0 bridgehead atoms. The number of rotatable bonds is 4. The van der Waals surface area contributed by atoms with Gasteiger partial charge in [-0.2, -0.15) is 4.31 Å². The Labute approximate surface area is 128 Å². The first kappa shape index (κ1) is 15.7. The Balaban J connectivity index is 2.26. The van der Waals surface area contributed by atoms with E-state index >= 15 is 0 Å². The van der Waals surface area contributed by atoms with Gasteiger partial charge in [0.05, 0.1) is 0 Å². The molecular weight excluding hydrogens is 306 g/mol. The molecule has 6 heteroatoms. The Morgan fingerprint density at radius 1 is 1.24 bits per heavy atom. The SMILES string of the molecule is CN(Cc1ccccc1C#CCO)S(=O)(=O)c1cccs1. The van der Waals surface area contributed by atoms with Gasteiger partial charge in [-0.05, 0) is 23.1 Å². The minimum absolute atomic E-state index is 0.225. The van der Waals surface area contributed by atoms with E-state index in [0.29, 0.717) is 4.21 Å². The monoisotopic (exact) mass is 321 g/mol. The van der Waals surface area contributed by atoms with Crippen molar-refractivity contribution in [3.63, 3.8) is 0 Å². The van der Waals surface area contributed by atoms with Crippen molar-refractivity contribution in [1.82, 2.24) is 4.31 Å². The van der Waals surface area contributed by atoms with Crippen molar-refractivity contribution in [3.05, 3.63) is 52.9 Å². The first-order valence-electron chi connectivity index (χ1n) is 6.23. The van der Waals surface area contributed by atoms with E-state index in [1.165, 1.54) is 15.6 Å². The summed E-state index contributed by atoms with van der Waals surface area (Å²) in [7, 11) is -1.93.